The number of carbonyl (C=O) groups is 1. The van der Waals surface area contributed by atoms with Crippen molar-refractivity contribution in [3.8, 4) is 11.4 Å². The van der Waals surface area contributed by atoms with Gasteiger partial charge in [-0.1, -0.05) is 35.5 Å². The number of hydrogen-bond acceptors (Lipinski definition) is 6. The summed E-state index contributed by atoms with van der Waals surface area (Å²) >= 11 is 0. The van der Waals surface area contributed by atoms with Crippen LogP contribution in [-0.2, 0) is 23.2 Å². The van der Waals surface area contributed by atoms with Gasteiger partial charge in [0.25, 0.3) is 0 Å². The predicted octanol–water partition coefficient (Wildman–Crippen LogP) is 2.67. The van der Waals surface area contributed by atoms with Crippen molar-refractivity contribution in [3.05, 3.63) is 54.0 Å². The van der Waals surface area contributed by atoms with Crippen LogP contribution in [0.25, 0.3) is 11.4 Å². The van der Waals surface area contributed by atoms with Crippen molar-refractivity contribution in [2.75, 3.05) is 25.0 Å². The quantitative estimate of drug-likeness (QED) is 0.687. The van der Waals surface area contributed by atoms with Gasteiger partial charge in [-0.05, 0) is 25.7 Å². The zero-order valence-corrected chi connectivity index (χ0v) is 17.8. The molecule has 0 atom stereocenters. The van der Waals surface area contributed by atoms with Crippen LogP contribution in [-0.4, -0.2) is 55.4 Å². The van der Waals surface area contributed by atoms with Crippen LogP contribution in [0.4, 0.5) is 5.82 Å². The molecule has 31 heavy (non-hydrogen) atoms. The second kappa shape index (κ2) is 8.09. The van der Waals surface area contributed by atoms with Crippen LogP contribution >= 0.6 is 0 Å². The van der Waals surface area contributed by atoms with E-state index in [4.69, 9.17) is 9.97 Å². The van der Waals surface area contributed by atoms with Crippen LogP contribution in [0.5, 0.6) is 0 Å². The highest BCUT2D eigenvalue weighted by molar-refractivity contribution is 5.73. The molecule has 160 valence electrons. The van der Waals surface area contributed by atoms with E-state index in [1.165, 1.54) is 11.3 Å². The Morgan fingerprint density at radius 1 is 1.13 bits per heavy atom. The molecule has 1 amide bonds. The van der Waals surface area contributed by atoms with Crippen molar-refractivity contribution < 1.29 is 4.79 Å². The maximum absolute atomic E-state index is 11.8. The standard InChI is InChI=1S/C23H27N7O/c1-17(31)29-13-9-23(10-14-29)8-7-19-20(23)26-21(18-5-3-2-4-6-18)27-22(19)24-11-15-30-16-12-25-28-30/h2-6,12,16H,7-11,13-15H2,1H3,(H,24,26,27). The Morgan fingerprint density at radius 3 is 2.65 bits per heavy atom. The third-order valence-corrected chi connectivity index (χ3v) is 6.67. The molecule has 1 spiro atoms. The fraction of sp³-hybridized carbons (Fsp3) is 0.435. The van der Waals surface area contributed by atoms with Crippen molar-refractivity contribution in [1.82, 2.24) is 29.9 Å². The molecule has 1 fully saturated rings. The first-order valence-corrected chi connectivity index (χ1v) is 10.9. The fourth-order valence-electron chi connectivity index (χ4n) is 4.88. The van der Waals surface area contributed by atoms with Crippen molar-refractivity contribution >= 4 is 11.7 Å². The molecule has 2 aliphatic rings. The summed E-state index contributed by atoms with van der Waals surface area (Å²) in [6.45, 7) is 4.70. The Balaban J connectivity index is 1.47. The van der Waals surface area contributed by atoms with E-state index in [2.05, 4.69) is 27.8 Å². The van der Waals surface area contributed by atoms with E-state index in [0.717, 1.165) is 62.5 Å². The summed E-state index contributed by atoms with van der Waals surface area (Å²) in [4.78, 5) is 23.8. The molecule has 1 saturated heterocycles. The molecular formula is C23H27N7O. The molecule has 8 nitrogen and oxygen atoms in total. The first-order valence-electron chi connectivity index (χ1n) is 10.9. The smallest absolute Gasteiger partial charge is 0.219 e. The number of nitrogens with one attached hydrogen (secondary N) is 1. The molecule has 2 aromatic heterocycles. The largest absolute Gasteiger partial charge is 0.368 e. The van der Waals surface area contributed by atoms with Crippen LogP contribution in [0.3, 0.4) is 0 Å². The zero-order valence-electron chi connectivity index (χ0n) is 17.8. The molecule has 0 radical (unpaired) electrons. The average Bonchev–Trinajstić information content (AvgIpc) is 3.44. The number of rotatable bonds is 5. The molecule has 1 aromatic carbocycles. The third-order valence-electron chi connectivity index (χ3n) is 6.67. The van der Waals surface area contributed by atoms with E-state index < -0.39 is 0 Å². The number of carbonyl (C=O) groups excluding carboxylic acids is 1. The van der Waals surface area contributed by atoms with E-state index in [-0.39, 0.29) is 11.3 Å². The van der Waals surface area contributed by atoms with Crippen LogP contribution < -0.4 is 5.32 Å². The number of hydrogen-bond donors (Lipinski definition) is 1. The SMILES string of the molecule is CC(=O)N1CCC2(CCc3c(NCCn4ccnn4)nc(-c4ccccc4)nc32)CC1. The van der Waals surface area contributed by atoms with Gasteiger partial charge in [0, 0.05) is 49.3 Å². The van der Waals surface area contributed by atoms with Gasteiger partial charge >= 0.3 is 0 Å². The van der Waals surface area contributed by atoms with Gasteiger partial charge in [-0.3, -0.25) is 9.48 Å². The molecular weight excluding hydrogens is 390 g/mol. The molecule has 3 aromatic rings. The van der Waals surface area contributed by atoms with E-state index in [1.54, 1.807) is 13.1 Å². The summed E-state index contributed by atoms with van der Waals surface area (Å²) in [6.07, 6.45) is 7.51. The number of fused-ring (bicyclic) bond motifs is 2. The Labute approximate surface area is 181 Å². The van der Waals surface area contributed by atoms with Gasteiger partial charge in [0.05, 0.1) is 18.4 Å². The van der Waals surface area contributed by atoms with Gasteiger partial charge in [-0.15, -0.1) is 5.10 Å². The van der Waals surface area contributed by atoms with Gasteiger partial charge in [0.2, 0.25) is 5.91 Å². The Kier molecular flexibility index (Phi) is 5.13. The number of amides is 1. The number of nitrogens with zero attached hydrogens (tertiary/aromatic N) is 6. The molecule has 1 aliphatic carbocycles. The van der Waals surface area contributed by atoms with E-state index in [1.807, 2.05) is 34.0 Å². The van der Waals surface area contributed by atoms with E-state index in [0.29, 0.717) is 6.54 Å². The minimum absolute atomic E-state index is 0.0378. The van der Waals surface area contributed by atoms with Crippen LogP contribution in [0.15, 0.2) is 42.7 Å². The van der Waals surface area contributed by atoms with Crippen molar-refractivity contribution in [2.45, 2.75) is 44.6 Å². The van der Waals surface area contributed by atoms with Gasteiger partial charge in [-0.25, -0.2) is 9.97 Å². The lowest BCUT2D eigenvalue weighted by molar-refractivity contribution is -0.130. The van der Waals surface area contributed by atoms with Crippen molar-refractivity contribution in [2.24, 2.45) is 0 Å². The lowest BCUT2D eigenvalue weighted by atomic mass is 9.76. The van der Waals surface area contributed by atoms with Gasteiger partial charge < -0.3 is 10.2 Å². The van der Waals surface area contributed by atoms with Crippen LogP contribution in [0.1, 0.15) is 37.4 Å². The predicted molar refractivity (Wildman–Crippen MR) is 117 cm³/mol. The fourth-order valence-corrected chi connectivity index (χ4v) is 4.88. The number of piperidine rings is 1. The van der Waals surface area contributed by atoms with Crippen molar-refractivity contribution in [1.29, 1.82) is 0 Å². The number of benzene rings is 1. The topological polar surface area (TPSA) is 88.8 Å². The lowest BCUT2D eigenvalue weighted by Gasteiger charge is -2.39. The molecule has 0 unspecified atom stereocenters. The number of anilines is 1. The number of likely N-dealkylation sites (tertiary alicyclic amines) is 1. The minimum atomic E-state index is 0.0378. The van der Waals surface area contributed by atoms with Gasteiger partial charge in [0.15, 0.2) is 5.82 Å². The average molecular weight is 418 g/mol. The summed E-state index contributed by atoms with van der Waals surface area (Å²) < 4.78 is 1.81. The Hall–Kier alpha value is -3.29. The monoisotopic (exact) mass is 417 g/mol. The molecule has 1 aliphatic heterocycles. The maximum atomic E-state index is 11.8. The van der Waals surface area contributed by atoms with E-state index in [9.17, 15) is 4.79 Å². The second-order valence-electron chi connectivity index (χ2n) is 8.47. The first kappa shape index (κ1) is 19.7. The first-order chi connectivity index (χ1) is 15.1. The highest BCUT2D eigenvalue weighted by Crippen LogP contribution is 2.47. The highest BCUT2D eigenvalue weighted by atomic mass is 16.2. The highest BCUT2D eigenvalue weighted by Gasteiger charge is 2.44. The summed E-state index contributed by atoms with van der Waals surface area (Å²) in [5.41, 5.74) is 3.46. The summed E-state index contributed by atoms with van der Waals surface area (Å²) in [5, 5.41) is 11.4. The molecule has 0 bridgehead atoms. The number of aromatic nitrogens is 5. The molecule has 8 heteroatoms. The normalized spacial score (nSPS) is 17.0. The summed E-state index contributed by atoms with van der Waals surface area (Å²) in [6, 6.07) is 10.2. The third kappa shape index (κ3) is 3.78. The second-order valence-corrected chi connectivity index (χ2v) is 8.47. The van der Waals surface area contributed by atoms with Crippen LogP contribution in [0.2, 0.25) is 0 Å². The zero-order chi connectivity index (χ0) is 21.3. The van der Waals surface area contributed by atoms with E-state index >= 15 is 0 Å². The summed E-state index contributed by atoms with van der Waals surface area (Å²) in [5.74, 6) is 1.85. The molecule has 3 heterocycles. The summed E-state index contributed by atoms with van der Waals surface area (Å²) in [7, 11) is 0. The van der Waals surface area contributed by atoms with Crippen molar-refractivity contribution in [3.63, 3.8) is 0 Å². The lowest BCUT2D eigenvalue weighted by Crippen LogP contribution is -2.43. The molecule has 1 N–H and O–H groups in total. The maximum Gasteiger partial charge on any atom is 0.219 e. The Bertz CT molecular complexity index is 1060. The van der Waals surface area contributed by atoms with Gasteiger partial charge in [0.1, 0.15) is 5.82 Å². The molecule has 5 rings (SSSR count). The van der Waals surface area contributed by atoms with Gasteiger partial charge in [-0.2, -0.15) is 0 Å². The Morgan fingerprint density at radius 2 is 1.94 bits per heavy atom. The minimum Gasteiger partial charge on any atom is -0.368 e. The van der Waals surface area contributed by atoms with Crippen LogP contribution in [0, 0.1) is 0 Å². The molecule has 0 saturated carbocycles.